The van der Waals surface area contributed by atoms with Crippen molar-refractivity contribution in [3.63, 3.8) is 0 Å². The fourth-order valence-electron chi connectivity index (χ4n) is 2.58. The van der Waals surface area contributed by atoms with Crippen molar-refractivity contribution >= 4 is 0 Å². The summed E-state index contributed by atoms with van der Waals surface area (Å²) >= 11 is 0. The maximum Gasteiger partial charge on any atom is 0.0569 e. The van der Waals surface area contributed by atoms with Crippen LogP contribution in [0.2, 0.25) is 0 Å². The van der Waals surface area contributed by atoms with Crippen LogP contribution in [0, 0.1) is 10.8 Å². The molecular weight excluding hydrogens is 188 g/mol. The van der Waals surface area contributed by atoms with Crippen molar-refractivity contribution in [3.05, 3.63) is 0 Å². The van der Waals surface area contributed by atoms with Crippen LogP contribution in [0.1, 0.15) is 26.7 Å². The molecule has 3 saturated heterocycles. The fraction of sp³-hybridized carbons (Fsp3) is 1.00. The molecule has 0 amide bonds. The molecule has 0 unspecified atom stereocenters. The number of hydrogen-bond acceptors (Lipinski definition) is 3. The second-order valence-corrected chi connectivity index (χ2v) is 5.55. The summed E-state index contributed by atoms with van der Waals surface area (Å²) in [7, 11) is 0. The van der Waals surface area contributed by atoms with Crippen molar-refractivity contribution in [2.75, 3.05) is 39.4 Å². The number of hydrogen-bond donors (Lipinski definition) is 2. The summed E-state index contributed by atoms with van der Waals surface area (Å²) in [6.45, 7) is 7.00. The molecule has 3 aliphatic heterocycles. The molecule has 0 aromatic heterocycles. The first-order chi connectivity index (χ1) is 6.83. The topological polar surface area (TPSA) is 33.3 Å². The molecule has 4 aliphatic rings. The molecule has 88 valence electrons. The van der Waals surface area contributed by atoms with E-state index < -0.39 is 0 Å². The normalized spacial score (nSPS) is 32.0. The lowest BCUT2D eigenvalue weighted by molar-refractivity contribution is -0.139. The summed E-state index contributed by atoms with van der Waals surface area (Å²) in [6.07, 6.45) is 4.49. The Hall–Kier alpha value is -0.120. The Labute approximate surface area is 93.0 Å². The van der Waals surface area contributed by atoms with E-state index in [4.69, 9.17) is 4.74 Å². The van der Waals surface area contributed by atoms with Gasteiger partial charge in [0.05, 0.1) is 13.2 Å². The van der Waals surface area contributed by atoms with E-state index in [0.29, 0.717) is 5.41 Å². The minimum atomic E-state index is 0. The van der Waals surface area contributed by atoms with Crippen molar-refractivity contribution in [3.8, 4) is 0 Å². The van der Waals surface area contributed by atoms with E-state index in [0.717, 1.165) is 18.6 Å². The molecular formula is C12H24N2O. The van der Waals surface area contributed by atoms with Crippen LogP contribution in [-0.2, 0) is 4.74 Å². The van der Waals surface area contributed by atoms with Crippen LogP contribution in [0.25, 0.3) is 0 Å². The molecule has 2 spiro atoms. The van der Waals surface area contributed by atoms with E-state index in [1.807, 2.05) is 0 Å². The molecule has 3 heteroatoms. The molecule has 4 rings (SSSR count). The zero-order valence-electron chi connectivity index (χ0n) is 8.77. The molecule has 1 saturated carbocycles. The molecule has 3 nitrogen and oxygen atoms in total. The molecule has 4 fully saturated rings. The largest absolute Gasteiger partial charge is 0.380 e. The molecule has 0 atom stereocenters. The zero-order valence-corrected chi connectivity index (χ0v) is 8.77. The van der Waals surface area contributed by atoms with Gasteiger partial charge in [-0.05, 0) is 18.3 Å². The Morgan fingerprint density at radius 1 is 0.800 bits per heavy atom. The lowest BCUT2D eigenvalue weighted by atomic mass is 9.65. The van der Waals surface area contributed by atoms with Crippen LogP contribution in [0.5, 0.6) is 0 Å². The molecule has 3 heterocycles. The Balaban J connectivity index is 0.000000107. The first-order valence-electron chi connectivity index (χ1n) is 5.82. The molecule has 2 N–H and O–H groups in total. The van der Waals surface area contributed by atoms with E-state index in [-0.39, 0.29) is 7.43 Å². The number of rotatable bonds is 0. The summed E-state index contributed by atoms with van der Waals surface area (Å²) in [4.78, 5) is 0. The number of ether oxygens (including phenoxy) is 1. The molecule has 15 heavy (non-hydrogen) atoms. The van der Waals surface area contributed by atoms with E-state index in [2.05, 4.69) is 10.6 Å². The van der Waals surface area contributed by atoms with E-state index in [1.54, 1.807) is 0 Å². The number of nitrogens with one attached hydrogen (secondary N) is 2. The van der Waals surface area contributed by atoms with Gasteiger partial charge in [-0.15, -0.1) is 0 Å². The van der Waals surface area contributed by atoms with Crippen molar-refractivity contribution in [1.82, 2.24) is 10.6 Å². The highest BCUT2D eigenvalue weighted by atomic mass is 16.5. The van der Waals surface area contributed by atoms with E-state index >= 15 is 0 Å². The van der Waals surface area contributed by atoms with Crippen LogP contribution in [0.3, 0.4) is 0 Å². The van der Waals surface area contributed by atoms with Crippen molar-refractivity contribution in [2.45, 2.75) is 26.7 Å². The van der Waals surface area contributed by atoms with Gasteiger partial charge in [0.25, 0.3) is 0 Å². The lowest BCUT2D eigenvalue weighted by Gasteiger charge is -2.49. The van der Waals surface area contributed by atoms with Crippen LogP contribution in [0.15, 0.2) is 0 Å². The maximum atomic E-state index is 5.04. The first-order valence-corrected chi connectivity index (χ1v) is 5.82. The Bertz CT molecular complexity index is 159. The third kappa shape index (κ3) is 1.93. The van der Waals surface area contributed by atoms with Crippen molar-refractivity contribution in [2.24, 2.45) is 10.8 Å². The predicted octanol–water partition coefficient (Wildman–Crippen LogP) is 1.00. The summed E-state index contributed by atoms with van der Waals surface area (Å²) in [5.74, 6) is 0. The average molecular weight is 212 g/mol. The maximum absolute atomic E-state index is 5.04. The van der Waals surface area contributed by atoms with E-state index in [9.17, 15) is 0 Å². The summed E-state index contributed by atoms with van der Waals surface area (Å²) in [5, 5.41) is 6.53. The Morgan fingerprint density at radius 2 is 1.33 bits per heavy atom. The van der Waals surface area contributed by atoms with Crippen LogP contribution < -0.4 is 10.6 Å². The quantitative estimate of drug-likeness (QED) is 0.628. The standard InChI is InChI=1S/C6H11N.C5H9NO.CH4/c1-2-6(3-1)4-7-5-6;1-5(2-6-1)3-7-4-5;/h7H,1-5H2;6H,1-4H2;1H4. The van der Waals surface area contributed by atoms with Gasteiger partial charge in [-0.1, -0.05) is 13.8 Å². The van der Waals surface area contributed by atoms with Gasteiger partial charge in [0.15, 0.2) is 0 Å². The van der Waals surface area contributed by atoms with Gasteiger partial charge in [-0.25, -0.2) is 0 Å². The van der Waals surface area contributed by atoms with Gasteiger partial charge in [0.1, 0.15) is 0 Å². The highest BCUT2D eigenvalue weighted by molar-refractivity contribution is 4.98. The first kappa shape index (κ1) is 11.4. The van der Waals surface area contributed by atoms with Crippen LogP contribution in [-0.4, -0.2) is 39.4 Å². The minimum absolute atomic E-state index is 0. The molecule has 0 aromatic carbocycles. The second-order valence-electron chi connectivity index (χ2n) is 5.55. The van der Waals surface area contributed by atoms with Crippen LogP contribution >= 0.6 is 0 Å². The van der Waals surface area contributed by atoms with Crippen molar-refractivity contribution < 1.29 is 4.74 Å². The highest BCUT2D eigenvalue weighted by Gasteiger charge is 2.43. The van der Waals surface area contributed by atoms with Gasteiger partial charge in [-0.3, -0.25) is 0 Å². The summed E-state index contributed by atoms with van der Waals surface area (Å²) in [5.41, 5.74) is 1.44. The predicted molar refractivity (Wildman–Crippen MR) is 62.0 cm³/mol. The summed E-state index contributed by atoms with van der Waals surface area (Å²) in [6, 6.07) is 0. The summed E-state index contributed by atoms with van der Waals surface area (Å²) < 4.78 is 5.04. The Morgan fingerprint density at radius 3 is 1.33 bits per heavy atom. The SMILES string of the molecule is C.C1CC2(C1)CNC2.C1NCC12COC2. The molecule has 0 bridgehead atoms. The minimum Gasteiger partial charge on any atom is -0.380 e. The fourth-order valence-corrected chi connectivity index (χ4v) is 2.58. The molecule has 1 aliphatic carbocycles. The van der Waals surface area contributed by atoms with Gasteiger partial charge >= 0.3 is 0 Å². The monoisotopic (exact) mass is 212 g/mol. The Kier molecular flexibility index (Phi) is 3.06. The smallest absolute Gasteiger partial charge is 0.0569 e. The van der Waals surface area contributed by atoms with Crippen LogP contribution in [0.4, 0.5) is 0 Å². The average Bonchev–Trinajstić information content (AvgIpc) is 1.71. The second kappa shape index (κ2) is 4.04. The van der Waals surface area contributed by atoms with Gasteiger partial charge in [-0.2, -0.15) is 0 Å². The lowest BCUT2D eigenvalue weighted by Crippen LogP contribution is -2.64. The van der Waals surface area contributed by atoms with Gasteiger partial charge in [0.2, 0.25) is 0 Å². The van der Waals surface area contributed by atoms with E-state index in [1.165, 1.54) is 45.4 Å². The van der Waals surface area contributed by atoms with Crippen molar-refractivity contribution in [1.29, 1.82) is 0 Å². The third-order valence-corrected chi connectivity index (χ3v) is 4.23. The van der Waals surface area contributed by atoms with Gasteiger partial charge in [0, 0.05) is 31.6 Å². The van der Waals surface area contributed by atoms with Gasteiger partial charge < -0.3 is 15.4 Å². The molecule has 0 aromatic rings. The molecule has 0 radical (unpaired) electrons. The third-order valence-electron chi connectivity index (χ3n) is 4.23. The highest BCUT2D eigenvalue weighted by Crippen LogP contribution is 2.43. The zero-order chi connectivity index (χ0) is 9.49.